The van der Waals surface area contributed by atoms with Crippen LogP contribution in [0.2, 0.25) is 0 Å². The van der Waals surface area contributed by atoms with Gasteiger partial charge in [-0.05, 0) is 36.8 Å². The summed E-state index contributed by atoms with van der Waals surface area (Å²) in [7, 11) is 0. The fourth-order valence-electron chi connectivity index (χ4n) is 2.41. The molecule has 3 rings (SSSR count). The SMILES string of the molecule is C=CCC(Cl)n1c(-c2cccnc2N)nc2ccc(C=C)nc21. The molecule has 0 aliphatic rings. The van der Waals surface area contributed by atoms with E-state index in [1.165, 1.54) is 0 Å². The molecule has 3 heterocycles. The van der Waals surface area contributed by atoms with E-state index in [0.29, 0.717) is 23.7 Å². The smallest absolute Gasteiger partial charge is 0.162 e. The average Bonchev–Trinajstić information content (AvgIpc) is 2.93. The monoisotopic (exact) mass is 325 g/mol. The molecule has 0 spiro atoms. The minimum absolute atomic E-state index is 0.375. The van der Waals surface area contributed by atoms with Crippen LogP contribution in [0.1, 0.15) is 17.6 Å². The fourth-order valence-corrected chi connectivity index (χ4v) is 2.72. The van der Waals surface area contributed by atoms with E-state index in [1.807, 2.05) is 28.8 Å². The van der Waals surface area contributed by atoms with Crippen molar-refractivity contribution >= 4 is 34.7 Å². The van der Waals surface area contributed by atoms with Crippen molar-refractivity contribution in [3.05, 3.63) is 55.4 Å². The van der Waals surface area contributed by atoms with Crippen molar-refractivity contribution in [2.45, 2.75) is 11.9 Å². The largest absolute Gasteiger partial charge is 0.383 e. The average molecular weight is 326 g/mol. The summed E-state index contributed by atoms with van der Waals surface area (Å²) in [5.41, 5.74) is 8.54. The molecular weight excluding hydrogens is 310 g/mol. The van der Waals surface area contributed by atoms with Crippen LogP contribution in [-0.2, 0) is 0 Å². The third-order valence-corrected chi connectivity index (χ3v) is 3.86. The second-order valence-electron chi connectivity index (χ2n) is 4.98. The number of rotatable bonds is 5. The summed E-state index contributed by atoms with van der Waals surface area (Å²) in [4.78, 5) is 13.4. The standard InChI is InChI=1S/C17H16ClN5/c1-3-6-14(18)23-16(12-7-5-10-20-15(12)19)22-13-9-8-11(4-2)21-17(13)23/h3-5,7-10,14H,1-2,6H2,(H2,19,20). The first-order valence-electron chi connectivity index (χ1n) is 7.13. The number of fused-ring (bicyclic) bond motifs is 1. The Morgan fingerprint density at radius 2 is 2.09 bits per heavy atom. The maximum absolute atomic E-state index is 6.55. The number of anilines is 1. The Hall–Kier alpha value is -2.66. The zero-order valence-electron chi connectivity index (χ0n) is 12.5. The Bertz CT molecular complexity index is 884. The molecule has 23 heavy (non-hydrogen) atoms. The van der Waals surface area contributed by atoms with E-state index in [9.17, 15) is 0 Å². The molecule has 0 aliphatic heterocycles. The number of imidazole rings is 1. The molecule has 3 aromatic rings. The lowest BCUT2D eigenvalue weighted by molar-refractivity contribution is 0.698. The van der Waals surface area contributed by atoms with Crippen LogP contribution in [-0.4, -0.2) is 19.5 Å². The van der Waals surface area contributed by atoms with E-state index < -0.39 is 0 Å². The van der Waals surface area contributed by atoms with Crippen molar-refractivity contribution in [3.63, 3.8) is 0 Å². The lowest BCUT2D eigenvalue weighted by Crippen LogP contribution is -2.07. The number of hydrogen-bond donors (Lipinski definition) is 1. The summed E-state index contributed by atoms with van der Waals surface area (Å²) in [6.07, 6.45) is 5.66. The molecule has 6 heteroatoms. The van der Waals surface area contributed by atoms with Gasteiger partial charge in [0.1, 0.15) is 22.7 Å². The van der Waals surface area contributed by atoms with Crippen molar-refractivity contribution in [1.29, 1.82) is 0 Å². The lowest BCUT2D eigenvalue weighted by atomic mass is 10.2. The van der Waals surface area contributed by atoms with Crippen LogP contribution in [0.3, 0.4) is 0 Å². The summed E-state index contributed by atoms with van der Waals surface area (Å²) >= 11 is 6.55. The number of halogens is 1. The zero-order chi connectivity index (χ0) is 16.4. The molecule has 0 bridgehead atoms. The van der Waals surface area contributed by atoms with Gasteiger partial charge >= 0.3 is 0 Å². The molecule has 1 atom stereocenters. The van der Waals surface area contributed by atoms with Gasteiger partial charge in [-0.2, -0.15) is 0 Å². The molecule has 2 N–H and O–H groups in total. The van der Waals surface area contributed by atoms with E-state index in [4.69, 9.17) is 17.3 Å². The molecule has 0 fully saturated rings. The molecule has 0 saturated carbocycles. The lowest BCUT2D eigenvalue weighted by Gasteiger charge is -2.14. The number of alkyl halides is 1. The second-order valence-corrected chi connectivity index (χ2v) is 5.49. The van der Waals surface area contributed by atoms with Crippen LogP contribution < -0.4 is 5.73 Å². The van der Waals surface area contributed by atoms with E-state index >= 15 is 0 Å². The zero-order valence-corrected chi connectivity index (χ0v) is 13.2. The number of aromatic nitrogens is 4. The third-order valence-electron chi connectivity index (χ3n) is 3.49. The van der Waals surface area contributed by atoms with Gasteiger partial charge in [0.05, 0.1) is 11.3 Å². The number of nitrogen functional groups attached to an aromatic ring is 1. The summed E-state index contributed by atoms with van der Waals surface area (Å²) in [6, 6.07) is 7.43. The number of allylic oxidation sites excluding steroid dienone is 1. The van der Waals surface area contributed by atoms with Crippen LogP contribution >= 0.6 is 11.6 Å². The number of nitrogens with zero attached hydrogens (tertiary/aromatic N) is 4. The van der Waals surface area contributed by atoms with Crippen molar-refractivity contribution in [2.75, 3.05) is 5.73 Å². The highest BCUT2D eigenvalue weighted by atomic mass is 35.5. The van der Waals surface area contributed by atoms with Gasteiger partial charge in [0.15, 0.2) is 5.65 Å². The molecule has 0 amide bonds. The summed E-state index contributed by atoms with van der Waals surface area (Å²) in [5.74, 6) is 1.04. The Morgan fingerprint density at radius 3 is 2.78 bits per heavy atom. The van der Waals surface area contributed by atoms with Gasteiger partial charge in [-0.25, -0.2) is 15.0 Å². The van der Waals surface area contributed by atoms with E-state index in [1.54, 1.807) is 18.3 Å². The Balaban J connectivity index is 2.32. The van der Waals surface area contributed by atoms with Crippen LogP contribution in [0.25, 0.3) is 28.6 Å². The first kappa shape index (κ1) is 15.2. The molecule has 116 valence electrons. The Labute approximate surface area is 139 Å². The van der Waals surface area contributed by atoms with Gasteiger partial charge in [0, 0.05) is 6.20 Å². The molecule has 3 aromatic heterocycles. The Kier molecular flexibility index (Phi) is 4.12. The van der Waals surface area contributed by atoms with Crippen LogP contribution in [0.5, 0.6) is 0 Å². The van der Waals surface area contributed by atoms with Gasteiger partial charge in [-0.3, -0.25) is 4.57 Å². The number of nitrogens with two attached hydrogens (primary N) is 1. The predicted octanol–water partition coefficient (Wildman–Crippen LogP) is 4.03. The highest BCUT2D eigenvalue weighted by Crippen LogP contribution is 2.33. The summed E-state index contributed by atoms with van der Waals surface area (Å²) in [5, 5.41) is 0. The van der Waals surface area contributed by atoms with Gasteiger partial charge in [0.25, 0.3) is 0 Å². The number of pyridine rings is 2. The quantitative estimate of drug-likeness (QED) is 0.568. The fraction of sp³-hybridized carbons (Fsp3) is 0.118. The van der Waals surface area contributed by atoms with E-state index in [0.717, 1.165) is 16.8 Å². The first-order chi connectivity index (χ1) is 11.2. The molecule has 0 aromatic carbocycles. The second kappa shape index (κ2) is 6.22. The molecule has 1 unspecified atom stereocenters. The van der Waals surface area contributed by atoms with Gasteiger partial charge in [-0.15, -0.1) is 6.58 Å². The predicted molar refractivity (Wildman–Crippen MR) is 95.0 cm³/mol. The summed E-state index contributed by atoms with van der Waals surface area (Å²) in [6.45, 7) is 7.51. The molecule has 0 aliphatic carbocycles. The molecule has 5 nitrogen and oxygen atoms in total. The van der Waals surface area contributed by atoms with Crippen molar-refractivity contribution < 1.29 is 0 Å². The maximum atomic E-state index is 6.55. The van der Waals surface area contributed by atoms with Crippen molar-refractivity contribution in [3.8, 4) is 11.4 Å². The highest BCUT2D eigenvalue weighted by Gasteiger charge is 2.20. The molecular formula is C17H16ClN5. The first-order valence-corrected chi connectivity index (χ1v) is 7.56. The molecule has 0 radical (unpaired) electrons. The van der Waals surface area contributed by atoms with Gasteiger partial charge < -0.3 is 5.73 Å². The topological polar surface area (TPSA) is 69.6 Å². The van der Waals surface area contributed by atoms with Crippen molar-refractivity contribution in [1.82, 2.24) is 19.5 Å². The van der Waals surface area contributed by atoms with E-state index in [2.05, 4.69) is 28.1 Å². The minimum atomic E-state index is -0.375. The highest BCUT2D eigenvalue weighted by molar-refractivity contribution is 6.19. The van der Waals surface area contributed by atoms with Crippen LogP contribution in [0, 0.1) is 0 Å². The van der Waals surface area contributed by atoms with Gasteiger partial charge in [-0.1, -0.05) is 24.3 Å². The molecule has 0 saturated heterocycles. The minimum Gasteiger partial charge on any atom is -0.383 e. The maximum Gasteiger partial charge on any atom is 0.162 e. The van der Waals surface area contributed by atoms with E-state index in [-0.39, 0.29) is 5.50 Å². The van der Waals surface area contributed by atoms with Crippen LogP contribution in [0.4, 0.5) is 5.82 Å². The van der Waals surface area contributed by atoms with Gasteiger partial charge in [0.2, 0.25) is 0 Å². The number of hydrogen-bond acceptors (Lipinski definition) is 4. The third kappa shape index (κ3) is 2.71. The van der Waals surface area contributed by atoms with Crippen LogP contribution in [0.15, 0.2) is 49.7 Å². The Morgan fingerprint density at radius 1 is 1.26 bits per heavy atom. The normalized spacial score (nSPS) is 12.2. The summed E-state index contributed by atoms with van der Waals surface area (Å²) < 4.78 is 1.86. The van der Waals surface area contributed by atoms with Crippen molar-refractivity contribution in [2.24, 2.45) is 0 Å².